The minimum atomic E-state index is 0.163. The van der Waals surface area contributed by atoms with Crippen molar-refractivity contribution in [1.29, 1.82) is 0 Å². The largest absolute Gasteiger partial charge is 0.325 e. The molecule has 0 radical (unpaired) electrons. The van der Waals surface area contributed by atoms with Crippen LogP contribution in [-0.4, -0.2) is 5.91 Å². The molecule has 0 aromatic heterocycles. The summed E-state index contributed by atoms with van der Waals surface area (Å²) < 4.78 is 0.949. The van der Waals surface area contributed by atoms with Gasteiger partial charge in [0.25, 0.3) is 0 Å². The maximum absolute atomic E-state index is 12.5. The van der Waals surface area contributed by atoms with Crippen LogP contribution in [0.15, 0.2) is 22.7 Å². The van der Waals surface area contributed by atoms with E-state index in [1.54, 1.807) is 0 Å². The van der Waals surface area contributed by atoms with E-state index in [-0.39, 0.29) is 11.8 Å². The number of hydrogen-bond acceptors (Lipinski definition) is 1. The van der Waals surface area contributed by atoms with E-state index in [1.165, 1.54) is 0 Å². The molecule has 1 amide bonds. The molecule has 0 bridgehead atoms. The quantitative estimate of drug-likeness (QED) is 0.743. The average Bonchev–Trinajstić information content (AvgIpc) is 2.42. The Labute approximate surface area is 136 Å². The van der Waals surface area contributed by atoms with Crippen LogP contribution in [0.4, 0.5) is 5.69 Å². The molecule has 21 heavy (non-hydrogen) atoms. The maximum Gasteiger partial charge on any atom is 0.227 e. The van der Waals surface area contributed by atoms with Crippen molar-refractivity contribution in [2.24, 2.45) is 17.3 Å². The van der Waals surface area contributed by atoms with Gasteiger partial charge in [-0.25, -0.2) is 0 Å². The monoisotopic (exact) mass is 351 g/mol. The molecular formula is C18H26BrNO. The van der Waals surface area contributed by atoms with Gasteiger partial charge in [-0.2, -0.15) is 0 Å². The Morgan fingerprint density at radius 1 is 1.19 bits per heavy atom. The molecule has 1 aromatic rings. The predicted octanol–water partition coefficient (Wildman–Crippen LogP) is 5.55. The highest BCUT2D eigenvalue weighted by Gasteiger charge is 2.32. The number of amides is 1. The molecule has 0 heterocycles. The number of nitrogens with one attached hydrogen (secondary N) is 1. The van der Waals surface area contributed by atoms with Gasteiger partial charge in [0, 0.05) is 10.4 Å². The fraction of sp³-hybridized carbons (Fsp3) is 0.611. The Balaban J connectivity index is 1.95. The Hall–Kier alpha value is -0.830. The first-order valence-corrected chi connectivity index (χ1v) is 8.63. The van der Waals surface area contributed by atoms with E-state index >= 15 is 0 Å². The van der Waals surface area contributed by atoms with Crippen molar-refractivity contribution >= 4 is 27.5 Å². The fourth-order valence-electron chi connectivity index (χ4n) is 3.19. The minimum absolute atomic E-state index is 0.163. The molecule has 0 unspecified atom stereocenters. The van der Waals surface area contributed by atoms with E-state index in [0.717, 1.165) is 47.3 Å². The van der Waals surface area contributed by atoms with Gasteiger partial charge in [0.2, 0.25) is 5.91 Å². The molecule has 0 aliphatic heterocycles. The van der Waals surface area contributed by atoms with Crippen LogP contribution in [0.25, 0.3) is 0 Å². The van der Waals surface area contributed by atoms with Crippen LogP contribution in [0.2, 0.25) is 0 Å². The fourth-order valence-corrected chi connectivity index (χ4v) is 3.54. The first-order valence-electron chi connectivity index (χ1n) is 7.84. The van der Waals surface area contributed by atoms with Gasteiger partial charge < -0.3 is 5.32 Å². The summed E-state index contributed by atoms with van der Waals surface area (Å²) in [7, 11) is 0. The molecule has 1 N–H and O–H groups in total. The van der Waals surface area contributed by atoms with Crippen molar-refractivity contribution in [2.75, 3.05) is 5.32 Å². The van der Waals surface area contributed by atoms with Crippen LogP contribution in [0.1, 0.15) is 52.0 Å². The number of aryl methyl sites for hydroxylation is 1. The number of anilines is 1. The van der Waals surface area contributed by atoms with E-state index in [0.29, 0.717) is 5.41 Å². The summed E-state index contributed by atoms with van der Waals surface area (Å²) in [5.74, 6) is 1.08. The number of carbonyl (C=O) groups is 1. The molecule has 2 nitrogen and oxygen atoms in total. The third kappa shape index (κ3) is 4.32. The second-order valence-corrected chi connectivity index (χ2v) is 8.24. The molecule has 116 valence electrons. The van der Waals surface area contributed by atoms with Crippen LogP contribution in [0, 0.1) is 24.2 Å². The Morgan fingerprint density at radius 3 is 2.38 bits per heavy atom. The molecule has 1 aliphatic rings. The Kier molecular flexibility index (Phi) is 5.13. The zero-order valence-corrected chi connectivity index (χ0v) is 15.1. The van der Waals surface area contributed by atoms with E-state index in [2.05, 4.69) is 42.0 Å². The van der Waals surface area contributed by atoms with Crippen molar-refractivity contribution in [1.82, 2.24) is 0 Å². The lowest BCUT2D eigenvalue weighted by molar-refractivity contribution is -0.121. The molecule has 0 saturated heterocycles. The summed E-state index contributed by atoms with van der Waals surface area (Å²) in [6.45, 7) is 8.96. The Morgan fingerprint density at radius 2 is 1.81 bits per heavy atom. The lowest BCUT2D eigenvalue weighted by Crippen LogP contribution is -2.31. The van der Waals surface area contributed by atoms with Gasteiger partial charge in [0.15, 0.2) is 0 Å². The molecule has 1 aromatic carbocycles. The van der Waals surface area contributed by atoms with E-state index < -0.39 is 0 Å². The van der Waals surface area contributed by atoms with Crippen LogP contribution in [0.5, 0.6) is 0 Å². The summed E-state index contributed by atoms with van der Waals surface area (Å²) in [5, 5.41) is 3.09. The van der Waals surface area contributed by atoms with Gasteiger partial charge in [0.05, 0.1) is 5.69 Å². The number of hydrogen-bond donors (Lipinski definition) is 1. The summed E-state index contributed by atoms with van der Waals surface area (Å²) in [5.41, 5.74) is 2.41. The highest BCUT2D eigenvalue weighted by Crippen LogP contribution is 2.40. The zero-order chi connectivity index (χ0) is 15.6. The summed E-state index contributed by atoms with van der Waals surface area (Å²) in [6.07, 6.45) is 4.35. The van der Waals surface area contributed by atoms with Crippen molar-refractivity contribution in [3.8, 4) is 0 Å². The zero-order valence-electron chi connectivity index (χ0n) is 13.5. The standard InChI is InChI=1S/C18H26BrNO/c1-12-5-10-15(19)16(11-12)20-17(21)13-6-8-14(9-7-13)18(2,3)4/h5,10-11,13-14H,6-9H2,1-4H3,(H,20,21). The summed E-state index contributed by atoms with van der Waals surface area (Å²) in [4.78, 5) is 12.5. The average molecular weight is 352 g/mol. The van der Waals surface area contributed by atoms with Crippen molar-refractivity contribution in [3.05, 3.63) is 28.2 Å². The van der Waals surface area contributed by atoms with Gasteiger partial charge in [-0.1, -0.05) is 26.8 Å². The molecule has 3 heteroatoms. The van der Waals surface area contributed by atoms with Crippen LogP contribution in [-0.2, 0) is 4.79 Å². The molecule has 1 fully saturated rings. The van der Waals surface area contributed by atoms with Gasteiger partial charge in [0.1, 0.15) is 0 Å². The normalized spacial score (nSPS) is 22.9. The molecular weight excluding hydrogens is 326 g/mol. The van der Waals surface area contributed by atoms with E-state index in [1.807, 2.05) is 25.1 Å². The Bertz CT molecular complexity index is 510. The van der Waals surface area contributed by atoms with Crippen molar-refractivity contribution in [3.63, 3.8) is 0 Å². The molecule has 0 atom stereocenters. The molecule has 1 aliphatic carbocycles. The number of carbonyl (C=O) groups excluding carboxylic acids is 1. The minimum Gasteiger partial charge on any atom is -0.325 e. The summed E-state index contributed by atoms with van der Waals surface area (Å²) in [6, 6.07) is 6.04. The number of halogens is 1. The maximum atomic E-state index is 12.5. The van der Waals surface area contributed by atoms with Gasteiger partial charge in [-0.05, 0) is 77.6 Å². The van der Waals surface area contributed by atoms with Crippen molar-refractivity contribution in [2.45, 2.75) is 53.4 Å². The van der Waals surface area contributed by atoms with E-state index in [9.17, 15) is 4.79 Å². The third-order valence-corrected chi connectivity index (χ3v) is 5.39. The van der Waals surface area contributed by atoms with Gasteiger partial charge in [-0.3, -0.25) is 4.79 Å². The molecule has 0 spiro atoms. The number of benzene rings is 1. The van der Waals surface area contributed by atoms with Gasteiger partial charge in [-0.15, -0.1) is 0 Å². The second-order valence-electron chi connectivity index (χ2n) is 7.39. The first kappa shape index (κ1) is 16.5. The highest BCUT2D eigenvalue weighted by atomic mass is 79.9. The van der Waals surface area contributed by atoms with Crippen LogP contribution >= 0.6 is 15.9 Å². The second kappa shape index (κ2) is 6.51. The van der Waals surface area contributed by atoms with Crippen LogP contribution in [0.3, 0.4) is 0 Å². The first-order chi connectivity index (χ1) is 9.77. The SMILES string of the molecule is Cc1ccc(Br)c(NC(=O)C2CCC(C(C)(C)C)CC2)c1. The molecule has 2 rings (SSSR count). The third-order valence-electron chi connectivity index (χ3n) is 4.70. The summed E-state index contributed by atoms with van der Waals surface area (Å²) >= 11 is 3.50. The lowest BCUT2D eigenvalue weighted by Gasteiger charge is -2.36. The number of rotatable bonds is 2. The predicted molar refractivity (Wildman–Crippen MR) is 92.4 cm³/mol. The lowest BCUT2D eigenvalue weighted by atomic mass is 9.69. The molecule has 1 saturated carbocycles. The van der Waals surface area contributed by atoms with Gasteiger partial charge >= 0.3 is 0 Å². The highest BCUT2D eigenvalue weighted by molar-refractivity contribution is 9.10. The van der Waals surface area contributed by atoms with Crippen LogP contribution < -0.4 is 5.32 Å². The van der Waals surface area contributed by atoms with E-state index in [4.69, 9.17) is 0 Å². The van der Waals surface area contributed by atoms with Crippen molar-refractivity contribution < 1.29 is 4.79 Å². The topological polar surface area (TPSA) is 29.1 Å². The smallest absolute Gasteiger partial charge is 0.227 e.